The molecule has 0 unspecified atom stereocenters. The number of fused-ring (bicyclic) bond motifs is 10. The highest BCUT2D eigenvalue weighted by molar-refractivity contribution is 6.23. The number of aromatic nitrogens is 4. The lowest BCUT2D eigenvalue weighted by molar-refractivity contribution is 0.660. The van der Waals surface area contributed by atoms with Crippen LogP contribution in [0.25, 0.3) is 94.7 Å². The van der Waals surface area contributed by atoms with Crippen LogP contribution in [0.4, 0.5) is 0 Å². The summed E-state index contributed by atoms with van der Waals surface area (Å²) in [6.07, 6.45) is 0. The molecule has 0 saturated carbocycles. The van der Waals surface area contributed by atoms with E-state index in [9.17, 15) is 0 Å². The van der Waals surface area contributed by atoms with Crippen LogP contribution in [0.3, 0.4) is 0 Å². The Hall–Kier alpha value is -6.85. The Balaban J connectivity index is 1.18. The Morgan fingerprint density at radius 2 is 1.11 bits per heavy atom. The molecule has 0 atom stereocenters. The van der Waals surface area contributed by atoms with Gasteiger partial charge in [0.1, 0.15) is 5.58 Å². The number of rotatable bonds is 4. The third-order valence-electron chi connectivity index (χ3n) is 11.1. The normalized spacial score (nSPS) is 13.2. The third-order valence-corrected chi connectivity index (χ3v) is 11.1. The van der Waals surface area contributed by atoms with Gasteiger partial charge in [0.05, 0.1) is 11.0 Å². The van der Waals surface area contributed by atoms with Gasteiger partial charge >= 0.3 is 0 Å². The summed E-state index contributed by atoms with van der Waals surface area (Å²) in [5.74, 6) is 1.86. The molecule has 1 aliphatic carbocycles. The van der Waals surface area contributed by atoms with Crippen LogP contribution in [-0.2, 0) is 5.41 Å². The number of para-hydroxylation sites is 1. The maximum absolute atomic E-state index is 6.94. The van der Waals surface area contributed by atoms with E-state index >= 15 is 0 Å². The van der Waals surface area contributed by atoms with Gasteiger partial charge in [0.15, 0.2) is 23.1 Å². The van der Waals surface area contributed by atoms with Gasteiger partial charge < -0.3 is 8.98 Å². The topological polar surface area (TPSA) is 56.7 Å². The molecule has 0 fully saturated rings. The van der Waals surface area contributed by atoms with Crippen LogP contribution in [0.1, 0.15) is 25.0 Å². The number of nitrogens with zero attached hydrogens (tertiary/aromatic N) is 4. The average Bonchev–Trinajstić information content (AvgIpc) is 3.84. The van der Waals surface area contributed by atoms with Crippen molar-refractivity contribution in [2.24, 2.45) is 0 Å². The van der Waals surface area contributed by atoms with Crippen molar-refractivity contribution in [1.29, 1.82) is 0 Å². The highest BCUT2D eigenvalue weighted by Crippen LogP contribution is 2.50. The van der Waals surface area contributed by atoms with Crippen molar-refractivity contribution in [1.82, 2.24) is 19.5 Å². The zero-order valence-electron chi connectivity index (χ0n) is 29.2. The van der Waals surface area contributed by atoms with E-state index in [2.05, 4.69) is 103 Å². The van der Waals surface area contributed by atoms with Gasteiger partial charge in [-0.15, -0.1) is 0 Å². The fraction of sp³-hybridized carbons (Fsp3) is 0.0625. The fourth-order valence-electron chi connectivity index (χ4n) is 8.55. The molecular weight excluding hydrogens is 649 g/mol. The molecule has 3 aromatic heterocycles. The van der Waals surface area contributed by atoms with Crippen molar-refractivity contribution in [3.8, 4) is 51.0 Å². The minimum atomic E-state index is -0.119. The molecule has 10 aromatic rings. The van der Waals surface area contributed by atoms with Crippen LogP contribution in [0.15, 0.2) is 162 Å². The van der Waals surface area contributed by atoms with Gasteiger partial charge in [0.25, 0.3) is 0 Å². The molecule has 0 saturated heterocycles. The first-order valence-electron chi connectivity index (χ1n) is 18.0. The lowest BCUT2D eigenvalue weighted by Crippen LogP contribution is -2.15. The van der Waals surface area contributed by atoms with Gasteiger partial charge in [-0.3, -0.25) is 0 Å². The average molecular weight is 681 g/mol. The van der Waals surface area contributed by atoms with E-state index in [-0.39, 0.29) is 5.41 Å². The molecule has 5 heteroatoms. The molecule has 3 heterocycles. The van der Waals surface area contributed by atoms with Gasteiger partial charge in [0.2, 0.25) is 0 Å². The quantitative estimate of drug-likeness (QED) is 0.186. The summed E-state index contributed by atoms with van der Waals surface area (Å²) in [4.78, 5) is 15.1. The van der Waals surface area contributed by atoms with Crippen LogP contribution in [0, 0.1) is 0 Å². The first-order chi connectivity index (χ1) is 26.0. The standard InChI is InChI=1S/C48H32N4O/c1-48(2)38-21-11-9-18-32(38)33-25-24-31(28-39(33)48)52-40-22-12-10-19-34(40)35-26-27-36-42-37(20-13-23-41(42)53-44(36)43(35)52)47-50-45(29-14-5-3-6-15-29)49-46(51-47)30-16-7-4-8-17-30/h3-28H,1-2H3. The highest BCUT2D eigenvalue weighted by atomic mass is 16.3. The molecule has 0 N–H and O–H groups in total. The van der Waals surface area contributed by atoms with E-state index in [0.717, 1.165) is 60.7 Å². The van der Waals surface area contributed by atoms with Crippen molar-refractivity contribution in [2.75, 3.05) is 0 Å². The first-order valence-corrected chi connectivity index (χ1v) is 18.0. The highest BCUT2D eigenvalue weighted by Gasteiger charge is 2.35. The van der Waals surface area contributed by atoms with E-state index < -0.39 is 0 Å². The van der Waals surface area contributed by atoms with Crippen LogP contribution >= 0.6 is 0 Å². The Labute approximate surface area is 305 Å². The molecule has 0 amide bonds. The van der Waals surface area contributed by atoms with E-state index in [1.807, 2.05) is 72.8 Å². The van der Waals surface area contributed by atoms with E-state index in [0.29, 0.717) is 17.5 Å². The van der Waals surface area contributed by atoms with E-state index in [1.165, 1.54) is 27.6 Å². The number of hydrogen-bond acceptors (Lipinski definition) is 4. The van der Waals surface area contributed by atoms with Gasteiger partial charge in [-0.1, -0.05) is 141 Å². The minimum Gasteiger partial charge on any atom is -0.454 e. The molecule has 0 spiro atoms. The second-order valence-electron chi connectivity index (χ2n) is 14.4. The van der Waals surface area contributed by atoms with Crippen molar-refractivity contribution in [3.63, 3.8) is 0 Å². The summed E-state index contributed by atoms with van der Waals surface area (Å²) < 4.78 is 9.33. The largest absolute Gasteiger partial charge is 0.454 e. The minimum absolute atomic E-state index is 0.119. The van der Waals surface area contributed by atoms with E-state index in [1.54, 1.807) is 0 Å². The monoisotopic (exact) mass is 680 g/mol. The Kier molecular flexibility index (Phi) is 6.23. The zero-order chi connectivity index (χ0) is 35.3. The van der Waals surface area contributed by atoms with Gasteiger partial charge in [-0.05, 0) is 52.6 Å². The molecule has 0 radical (unpaired) electrons. The van der Waals surface area contributed by atoms with Crippen molar-refractivity contribution in [2.45, 2.75) is 19.3 Å². The maximum atomic E-state index is 6.94. The first kappa shape index (κ1) is 29.8. The fourth-order valence-corrected chi connectivity index (χ4v) is 8.55. The van der Waals surface area contributed by atoms with Crippen molar-refractivity contribution < 1.29 is 4.42 Å². The summed E-state index contributed by atoms with van der Waals surface area (Å²) >= 11 is 0. The van der Waals surface area contributed by atoms with Crippen molar-refractivity contribution in [3.05, 3.63) is 169 Å². The lowest BCUT2D eigenvalue weighted by Gasteiger charge is -2.22. The summed E-state index contributed by atoms with van der Waals surface area (Å²) in [6.45, 7) is 4.67. The Morgan fingerprint density at radius 1 is 0.491 bits per heavy atom. The van der Waals surface area contributed by atoms with Crippen LogP contribution < -0.4 is 0 Å². The zero-order valence-corrected chi connectivity index (χ0v) is 29.2. The Bertz CT molecular complexity index is 3020. The molecule has 7 aromatic carbocycles. The van der Waals surface area contributed by atoms with Crippen LogP contribution in [0.5, 0.6) is 0 Å². The SMILES string of the molecule is CC1(C)c2ccccc2-c2ccc(-n3c4ccccc4c4ccc5c(oc6cccc(-c7nc(-c8ccccc8)nc(-c8ccccc8)n7)c65)c43)cc21. The molecule has 0 bridgehead atoms. The van der Waals surface area contributed by atoms with E-state index in [4.69, 9.17) is 19.4 Å². The van der Waals surface area contributed by atoms with Gasteiger partial charge in [-0.25, -0.2) is 15.0 Å². The summed E-state index contributed by atoms with van der Waals surface area (Å²) in [7, 11) is 0. The number of benzene rings is 7. The molecule has 53 heavy (non-hydrogen) atoms. The molecular formula is C48H32N4O. The lowest BCUT2D eigenvalue weighted by atomic mass is 9.82. The summed E-state index contributed by atoms with van der Waals surface area (Å²) in [5.41, 5.74) is 12.9. The van der Waals surface area contributed by atoms with Crippen LogP contribution in [-0.4, -0.2) is 19.5 Å². The predicted molar refractivity (Wildman–Crippen MR) is 215 cm³/mol. The molecule has 0 aliphatic heterocycles. The molecule has 1 aliphatic rings. The smallest absolute Gasteiger partial charge is 0.164 e. The van der Waals surface area contributed by atoms with Crippen LogP contribution in [0.2, 0.25) is 0 Å². The molecule has 250 valence electrons. The second-order valence-corrected chi connectivity index (χ2v) is 14.4. The predicted octanol–water partition coefficient (Wildman–Crippen LogP) is 12.2. The summed E-state index contributed by atoms with van der Waals surface area (Å²) in [6, 6.07) is 55.2. The molecule has 5 nitrogen and oxygen atoms in total. The van der Waals surface area contributed by atoms with Gasteiger partial charge in [-0.2, -0.15) is 0 Å². The molecule has 11 rings (SSSR count). The maximum Gasteiger partial charge on any atom is 0.164 e. The Morgan fingerprint density at radius 3 is 1.89 bits per heavy atom. The third kappa shape index (κ3) is 4.34. The van der Waals surface area contributed by atoms with Crippen molar-refractivity contribution >= 4 is 43.7 Å². The van der Waals surface area contributed by atoms with Gasteiger partial charge in [0, 0.05) is 49.3 Å². The number of hydrogen-bond donors (Lipinski definition) is 0. The second kappa shape index (κ2) is 11.1. The number of furan rings is 1. The summed E-state index contributed by atoms with van der Waals surface area (Å²) in [5, 5.41) is 4.33.